The first kappa shape index (κ1) is 17.3. The van der Waals surface area contributed by atoms with Gasteiger partial charge in [0.1, 0.15) is 11.5 Å². The zero-order valence-corrected chi connectivity index (χ0v) is 15.9. The van der Waals surface area contributed by atoms with E-state index in [0.717, 1.165) is 30.8 Å². The van der Waals surface area contributed by atoms with Crippen molar-refractivity contribution in [2.24, 2.45) is 7.05 Å². The fraction of sp³-hybridized carbons (Fsp3) is 0.286. The number of carbonyl (C=O) groups is 1. The highest BCUT2D eigenvalue weighted by Crippen LogP contribution is 2.37. The van der Waals surface area contributed by atoms with E-state index >= 15 is 0 Å². The Bertz CT molecular complexity index is 1010. The highest BCUT2D eigenvalue weighted by molar-refractivity contribution is 5.92. The Morgan fingerprint density at radius 3 is 2.85 bits per heavy atom. The van der Waals surface area contributed by atoms with Crippen LogP contribution in [0.25, 0.3) is 11.1 Å². The van der Waals surface area contributed by atoms with Crippen molar-refractivity contribution in [3.05, 3.63) is 59.5 Å². The Morgan fingerprint density at radius 1 is 1.26 bits per heavy atom. The second kappa shape index (κ2) is 6.87. The van der Waals surface area contributed by atoms with Gasteiger partial charge in [-0.2, -0.15) is 5.10 Å². The molecular weight excluding hydrogens is 338 g/mol. The van der Waals surface area contributed by atoms with Crippen molar-refractivity contribution in [3.63, 3.8) is 0 Å². The van der Waals surface area contributed by atoms with Gasteiger partial charge in [-0.3, -0.25) is 9.48 Å². The van der Waals surface area contributed by atoms with Crippen LogP contribution in [0.15, 0.2) is 42.7 Å². The number of rotatable bonds is 3. The minimum absolute atomic E-state index is 0.169. The molecule has 0 spiro atoms. The number of fused-ring (bicyclic) bond motifs is 1. The lowest BCUT2D eigenvalue weighted by Gasteiger charge is -2.31. The van der Waals surface area contributed by atoms with Crippen molar-refractivity contribution in [2.45, 2.75) is 19.8 Å². The lowest BCUT2D eigenvalue weighted by molar-refractivity contribution is 0.0958. The van der Waals surface area contributed by atoms with E-state index in [9.17, 15) is 4.79 Å². The molecule has 2 aromatic heterocycles. The van der Waals surface area contributed by atoms with E-state index < -0.39 is 0 Å². The molecule has 3 heterocycles. The summed E-state index contributed by atoms with van der Waals surface area (Å²) >= 11 is 0. The molecule has 0 saturated heterocycles. The van der Waals surface area contributed by atoms with Crippen molar-refractivity contribution in [1.82, 2.24) is 20.1 Å². The maximum absolute atomic E-state index is 12.0. The van der Waals surface area contributed by atoms with Crippen LogP contribution in [0.5, 0.6) is 0 Å². The number of carbonyl (C=O) groups excluding carboxylic acids is 1. The molecule has 1 amide bonds. The number of anilines is 2. The summed E-state index contributed by atoms with van der Waals surface area (Å²) in [4.78, 5) is 18.7. The summed E-state index contributed by atoms with van der Waals surface area (Å²) < 4.78 is 1.83. The number of amides is 1. The van der Waals surface area contributed by atoms with E-state index in [-0.39, 0.29) is 5.91 Å². The summed E-state index contributed by atoms with van der Waals surface area (Å²) in [5, 5.41) is 6.94. The molecule has 0 fully saturated rings. The van der Waals surface area contributed by atoms with Gasteiger partial charge in [0.25, 0.3) is 5.91 Å². The molecule has 138 valence electrons. The van der Waals surface area contributed by atoms with Crippen LogP contribution in [0, 0.1) is 6.92 Å². The molecule has 1 aliphatic rings. The van der Waals surface area contributed by atoms with E-state index in [1.807, 2.05) is 36.3 Å². The van der Waals surface area contributed by atoms with Crippen molar-refractivity contribution < 1.29 is 4.79 Å². The second-order valence-electron chi connectivity index (χ2n) is 6.91. The number of hydrogen-bond donors (Lipinski definition) is 1. The average molecular weight is 361 g/mol. The largest absolute Gasteiger partial charge is 0.354 e. The standard InChI is InChI=1S/C21H23N5O/c1-14-10-19-15(11-17(14)16-12-23-25(3)13-16)6-5-9-26(19)20-8-4-7-18(24-20)21(27)22-2/h4,7-8,10-13H,5-6,9H2,1-3H3,(H,22,27). The SMILES string of the molecule is CNC(=O)c1cccc(N2CCCc3cc(-c4cnn(C)c4)c(C)cc32)n1. The fourth-order valence-electron chi connectivity index (χ4n) is 3.67. The molecule has 1 N–H and O–H groups in total. The predicted molar refractivity (Wildman–Crippen MR) is 106 cm³/mol. The molecule has 4 rings (SSSR count). The Morgan fingerprint density at radius 2 is 2.11 bits per heavy atom. The molecule has 0 bridgehead atoms. The van der Waals surface area contributed by atoms with E-state index in [0.29, 0.717) is 5.69 Å². The zero-order valence-electron chi connectivity index (χ0n) is 15.9. The van der Waals surface area contributed by atoms with E-state index in [4.69, 9.17) is 0 Å². The fourth-order valence-corrected chi connectivity index (χ4v) is 3.67. The third kappa shape index (κ3) is 3.18. The number of benzene rings is 1. The molecule has 6 heteroatoms. The van der Waals surface area contributed by atoms with Gasteiger partial charge >= 0.3 is 0 Å². The number of pyridine rings is 1. The third-order valence-corrected chi connectivity index (χ3v) is 5.03. The van der Waals surface area contributed by atoms with E-state index in [1.54, 1.807) is 13.1 Å². The normalized spacial score (nSPS) is 13.4. The highest BCUT2D eigenvalue weighted by Gasteiger charge is 2.22. The number of nitrogens with zero attached hydrogens (tertiary/aromatic N) is 4. The lowest BCUT2D eigenvalue weighted by Crippen LogP contribution is -2.27. The van der Waals surface area contributed by atoms with Crippen molar-refractivity contribution in [3.8, 4) is 11.1 Å². The molecule has 0 unspecified atom stereocenters. The summed E-state index contributed by atoms with van der Waals surface area (Å²) in [7, 11) is 3.56. The van der Waals surface area contributed by atoms with Crippen molar-refractivity contribution in [2.75, 3.05) is 18.5 Å². The first-order chi connectivity index (χ1) is 13.1. The number of aromatic nitrogens is 3. The quantitative estimate of drug-likeness (QED) is 0.778. The van der Waals surface area contributed by atoms with Crippen LogP contribution in [0.3, 0.4) is 0 Å². The van der Waals surface area contributed by atoms with Crippen LogP contribution in [0.4, 0.5) is 11.5 Å². The van der Waals surface area contributed by atoms with Crippen molar-refractivity contribution in [1.29, 1.82) is 0 Å². The molecule has 0 radical (unpaired) electrons. The Balaban J connectivity index is 1.76. The summed E-state index contributed by atoms with van der Waals surface area (Å²) in [6.07, 6.45) is 6.04. The minimum atomic E-state index is -0.169. The van der Waals surface area contributed by atoms with Crippen LogP contribution in [-0.4, -0.2) is 34.3 Å². The summed E-state index contributed by atoms with van der Waals surface area (Å²) in [6, 6.07) is 10.1. The number of hydrogen-bond acceptors (Lipinski definition) is 4. The molecule has 1 aromatic carbocycles. The van der Waals surface area contributed by atoms with E-state index in [2.05, 4.69) is 39.4 Å². The molecule has 0 aliphatic carbocycles. The van der Waals surface area contributed by atoms with Crippen LogP contribution in [-0.2, 0) is 13.5 Å². The molecule has 27 heavy (non-hydrogen) atoms. The van der Waals surface area contributed by atoms with Gasteiger partial charge in [-0.1, -0.05) is 6.07 Å². The van der Waals surface area contributed by atoms with Gasteiger partial charge < -0.3 is 10.2 Å². The Hall–Kier alpha value is -3.15. The smallest absolute Gasteiger partial charge is 0.269 e. The van der Waals surface area contributed by atoms with E-state index in [1.165, 1.54) is 22.4 Å². The van der Waals surface area contributed by atoms with Crippen LogP contribution >= 0.6 is 0 Å². The molecule has 6 nitrogen and oxygen atoms in total. The average Bonchev–Trinajstić information content (AvgIpc) is 3.12. The predicted octanol–water partition coefficient (Wildman–Crippen LogP) is 3.23. The molecule has 3 aromatic rings. The monoisotopic (exact) mass is 361 g/mol. The van der Waals surface area contributed by atoms with Gasteiger partial charge in [-0.05, 0) is 60.7 Å². The van der Waals surface area contributed by atoms with Crippen molar-refractivity contribution >= 4 is 17.4 Å². The van der Waals surface area contributed by atoms with Gasteiger partial charge in [0, 0.05) is 38.1 Å². The van der Waals surface area contributed by atoms with Crippen LogP contribution < -0.4 is 10.2 Å². The van der Waals surface area contributed by atoms with Gasteiger partial charge in [0.15, 0.2) is 0 Å². The molecule has 0 atom stereocenters. The summed E-state index contributed by atoms with van der Waals surface area (Å²) in [5.74, 6) is 0.641. The van der Waals surface area contributed by atoms with Gasteiger partial charge in [-0.25, -0.2) is 4.98 Å². The summed E-state index contributed by atoms with van der Waals surface area (Å²) in [5.41, 5.74) is 6.47. The molecular formula is C21H23N5O. The van der Waals surface area contributed by atoms with Crippen LogP contribution in [0.2, 0.25) is 0 Å². The first-order valence-corrected chi connectivity index (χ1v) is 9.16. The van der Waals surface area contributed by atoms with Gasteiger partial charge in [0.05, 0.1) is 6.20 Å². The molecule has 1 aliphatic heterocycles. The maximum atomic E-state index is 12.0. The minimum Gasteiger partial charge on any atom is -0.354 e. The zero-order chi connectivity index (χ0) is 19.0. The third-order valence-electron chi connectivity index (χ3n) is 5.03. The van der Waals surface area contributed by atoms with Gasteiger partial charge in [0.2, 0.25) is 0 Å². The Kier molecular flexibility index (Phi) is 4.39. The number of aryl methyl sites for hydroxylation is 3. The number of nitrogens with one attached hydrogen (secondary N) is 1. The maximum Gasteiger partial charge on any atom is 0.269 e. The second-order valence-corrected chi connectivity index (χ2v) is 6.91. The lowest BCUT2D eigenvalue weighted by atomic mass is 9.93. The summed E-state index contributed by atoms with van der Waals surface area (Å²) in [6.45, 7) is 3.02. The first-order valence-electron chi connectivity index (χ1n) is 9.16. The Labute approximate surface area is 158 Å². The van der Waals surface area contributed by atoms with Crippen LogP contribution in [0.1, 0.15) is 28.0 Å². The molecule has 0 saturated carbocycles. The van der Waals surface area contributed by atoms with Gasteiger partial charge in [-0.15, -0.1) is 0 Å². The highest BCUT2D eigenvalue weighted by atomic mass is 16.1. The topological polar surface area (TPSA) is 63.1 Å².